The summed E-state index contributed by atoms with van der Waals surface area (Å²) in [6.45, 7) is 7.78. The van der Waals surface area contributed by atoms with Crippen molar-refractivity contribution in [3.05, 3.63) is 36.5 Å². The number of rotatable bonds is 47. The molecule has 0 aromatic heterocycles. The molecule has 0 bridgehead atoms. The van der Waals surface area contributed by atoms with Gasteiger partial charge in [-0.05, 0) is 77.0 Å². The molecule has 0 aromatic carbocycles. The van der Waals surface area contributed by atoms with Crippen molar-refractivity contribution >= 4 is 11.9 Å². The lowest BCUT2D eigenvalue weighted by Gasteiger charge is -2.18. The van der Waals surface area contributed by atoms with Crippen LogP contribution in [0.4, 0.5) is 0 Å². The van der Waals surface area contributed by atoms with Gasteiger partial charge < -0.3 is 14.2 Å². The first-order valence-electron chi connectivity index (χ1n) is 25.5. The minimum Gasteiger partial charge on any atom is -0.462 e. The fourth-order valence-electron chi connectivity index (χ4n) is 7.30. The quantitative estimate of drug-likeness (QED) is 0.0348. The maximum atomic E-state index is 12.7. The average molecular weight is 815 g/mol. The molecule has 0 rings (SSSR count). The Bertz CT molecular complexity index is 924. The first kappa shape index (κ1) is 56.1. The van der Waals surface area contributed by atoms with Crippen LogP contribution in [0, 0.1) is 0 Å². The summed E-state index contributed by atoms with van der Waals surface area (Å²) in [5, 5.41) is 0. The van der Waals surface area contributed by atoms with Gasteiger partial charge in [0.25, 0.3) is 0 Å². The highest BCUT2D eigenvalue weighted by Crippen LogP contribution is 2.14. The molecule has 340 valence electrons. The van der Waals surface area contributed by atoms with Gasteiger partial charge in [0.2, 0.25) is 0 Å². The SMILES string of the molecule is CCCCC/C=C\C/C=C\CCCCCCCCCCOCC(COC(=O)CCCCCCCCC/C=C\CCCCCCCC)OC(=O)CCCCCCCCC. The van der Waals surface area contributed by atoms with Gasteiger partial charge in [-0.2, -0.15) is 0 Å². The molecule has 0 heterocycles. The molecule has 0 spiro atoms. The van der Waals surface area contributed by atoms with E-state index in [4.69, 9.17) is 14.2 Å². The lowest BCUT2D eigenvalue weighted by atomic mass is 10.1. The summed E-state index contributed by atoms with van der Waals surface area (Å²) in [6, 6.07) is 0. The normalized spacial score (nSPS) is 12.4. The molecule has 1 atom stereocenters. The second kappa shape index (κ2) is 49.5. The van der Waals surface area contributed by atoms with Crippen LogP contribution in [0.1, 0.15) is 265 Å². The third-order valence-corrected chi connectivity index (χ3v) is 11.1. The third kappa shape index (κ3) is 46.8. The molecule has 5 heteroatoms. The van der Waals surface area contributed by atoms with Crippen molar-refractivity contribution in [3.8, 4) is 0 Å². The van der Waals surface area contributed by atoms with Crippen LogP contribution in [-0.2, 0) is 23.8 Å². The zero-order valence-corrected chi connectivity index (χ0v) is 39.1. The third-order valence-electron chi connectivity index (χ3n) is 11.1. The Labute approximate surface area is 361 Å². The second-order valence-corrected chi connectivity index (χ2v) is 17.1. The van der Waals surface area contributed by atoms with E-state index in [-0.39, 0.29) is 25.2 Å². The van der Waals surface area contributed by atoms with E-state index >= 15 is 0 Å². The van der Waals surface area contributed by atoms with Crippen molar-refractivity contribution in [1.82, 2.24) is 0 Å². The van der Waals surface area contributed by atoms with Crippen molar-refractivity contribution in [2.24, 2.45) is 0 Å². The summed E-state index contributed by atoms with van der Waals surface area (Å²) in [4.78, 5) is 25.2. The Balaban J connectivity index is 4.10. The van der Waals surface area contributed by atoms with Crippen LogP contribution < -0.4 is 0 Å². The van der Waals surface area contributed by atoms with E-state index in [0.717, 1.165) is 44.9 Å². The van der Waals surface area contributed by atoms with Crippen LogP contribution in [0.25, 0.3) is 0 Å². The zero-order valence-electron chi connectivity index (χ0n) is 39.1. The lowest BCUT2D eigenvalue weighted by Crippen LogP contribution is -2.30. The zero-order chi connectivity index (χ0) is 42.1. The van der Waals surface area contributed by atoms with Gasteiger partial charge in [0.05, 0.1) is 6.61 Å². The molecule has 5 nitrogen and oxygen atoms in total. The van der Waals surface area contributed by atoms with Crippen LogP contribution in [0.2, 0.25) is 0 Å². The van der Waals surface area contributed by atoms with Crippen LogP contribution in [0.5, 0.6) is 0 Å². The summed E-state index contributed by atoms with van der Waals surface area (Å²) in [7, 11) is 0. The number of hydrogen-bond donors (Lipinski definition) is 0. The van der Waals surface area contributed by atoms with Gasteiger partial charge in [0.1, 0.15) is 6.61 Å². The largest absolute Gasteiger partial charge is 0.462 e. The predicted octanol–water partition coefficient (Wildman–Crippen LogP) is 17.0. The van der Waals surface area contributed by atoms with E-state index in [1.165, 1.54) is 186 Å². The molecule has 0 aliphatic carbocycles. The predicted molar refractivity (Wildman–Crippen MR) is 252 cm³/mol. The van der Waals surface area contributed by atoms with Crippen molar-refractivity contribution in [2.45, 2.75) is 271 Å². The van der Waals surface area contributed by atoms with E-state index < -0.39 is 6.10 Å². The Morgan fingerprint density at radius 3 is 1.19 bits per heavy atom. The van der Waals surface area contributed by atoms with E-state index in [2.05, 4.69) is 57.2 Å². The van der Waals surface area contributed by atoms with E-state index in [9.17, 15) is 9.59 Å². The summed E-state index contributed by atoms with van der Waals surface area (Å²) >= 11 is 0. The van der Waals surface area contributed by atoms with E-state index in [1.54, 1.807) is 0 Å². The number of allylic oxidation sites excluding steroid dienone is 6. The van der Waals surface area contributed by atoms with Crippen LogP contribution in [0.3, 0.4) is 0 Å². The summed E-state index contributed by atoms with van der Waals surface area (Å²) in [6.07, 6.45) is 58.7. The minimum atomic E-state index is -0.534. The van der Waals surface area contributed by atoms with Gasteiger partial charge >= 0.3 is 11.9 Å². The van der Waals surface area contributed by atoms with Crippen molar-refractivity contribution in [3.63, 3.8) is 0 Å². The van der Waals surface area contributed by atoms with E-state index in [1.807, 2.05) is 0 Å². The maximum Gasteiger partial charge on any atom is 0.306 e. The van der Waals surface area contributed by atoms with Gasteiger partial charge in [-0.25, -0.2) is 0 Å². The molecule has 1 unspecified atom stereocenters. The molecular formula is C53H98O5. The smallest absolute Gasteiger partial charge is 0.306 e. The highest BCUT2D eigenvalue weighted by atomic mass is 16.6. The van der Waals surface area contributed by atoms with Crippen LogP contribution in [0.15, 0.2) is 36.5 Å². The molecule has 0 fully saturated rings. The number of unbranched alkanes of at least 4 members (excludes halogenated alkanes) is 30. The maximum absolute atomic E-state index is 12.7. The van der Waals surface area contributed by atoms with Crippen molar-refractivity contribution < 1.29 is 23.8 Å². The van der Waals surface area contributed by atoms with Crippen LogP contribution in [-0.4, -0.2) is 37.9 Å². The number of esters is 2. The highest BCUT2D eigenvalue weighted by Gasteiger charge is 2.17. The minimum absolute atomic E-state index is 0.0843. The number of carbonyl (C=O) groups excluding carboxylic acids is 2. The molecule has 0 N–H and O–H groups in total. The molecule has 0 aromatic rings. The first-order valence-corrected chi connectivity index (χ1v) is 25.5. The van der Waals surface area contributed by atoms with Gasteiger partial charge in [0, 0.05) is 19.4 Å². The first-order chi connectivity index (χ1) is 28.6. The van der Waals surface area contributed by atoms with Crippen molar-refractivity contribution in [2.75, 3.05) is 19.8 Å². The number of hydrogen-bond acceptors (Lipinski definition) is 5. The molecular weight excluding hydrogens is 717 g/mol. The fraction of sp³-hybridized carbons (Fsp3) is 0.849. The molecule has 0 saturated heterocycles. The topological polar surface area (TPSA) is 61.8 Å². The fourth-order valence-corrected chi connectivity index (χ4v) is 7.30. The van der Waals surface area contributed by atoms with Gasteiger partial charge in [-0.15, -0.1) is 0 Å². The molecule has 58 heavy (non-hydrogen) atoms. The number of ether oxygens (including phenoxy) is 3. The van der Waals surface area contributed by atoms with Gasteiger partial charge in [-0.3, -0.25) is 9.59 Å². The molecule has 0 radical (unpaired) electrons. The summed E-state index contributed by atoms with van der Waals surface area (Å²) in [5.74, 6) is -0.401. The molecule has 0 aliphatic heterocycles. The monoisotopic (exact) mass is 815 g/mol. The number of carbonyl (C=O) groups is 2. The Kier molecular flexibility index (Phi) is 47.9. The van der Waals surface area contributed by atoms with Crippen molar-refractivity contribution in [1.29, 1.82) is 0 Å². The van der Waals surface area contributed by atoms with Crippen LogP contribution >= 0.6 is 0 Å². The highest BCUT2D eigenvalue weighted by molar-refractivity contribution is 5.70. The standard InChI is InChI=1S/C53H98O5/c1-4-7-10-13-16-18-20-22-24-26-28-30-32-34-36-39-42-45-48-56-49-51(58-53(55)47-44-41-37-15-12-9-6-3)50-57-52(54)46-43-40-38-35-33-31-29-27-25-23-21-19-17-14-11-8-5-2/h16,18,22-25,51H,4-15,17,19-21,26-50H2,1-3H3/b18-16-,24-22-,25-23-. The van der Waals surface area contributed by atoms with E-state index in [0.29, 0.717) is 19.4 Å². The lowest BCUT2D eigenvalue weighted by molar-refractivity contribution is -0.163. The van der Waals surface area contributed by atoms with Gasteiger partial charge in [0.15, 0.2) is 6.10 Å². The summed E-state index contributed by atoms with van der Waals surface area (Å²) < 4.78 is 17.3. The average Bonchev–Trinajstić information content (AvgIpc) is 3.22. The molecule has 0 amide bonds. The molecule has 0 aliphatic rings. The Morgan fingerprint density at radius 2 is 0.724 bits per heavy atom. The van der Waals surface area contributed by atoms with Gasteiger partial charge in [-0.1, -0.05) is 211 Å². The molecule has 0 saturated carbocycles. The second-order valence-electron chi connectivity index (χ2n) is 17.1. The Morgan fingerprint density at radius 1 is 0.379 bits per heavy atom. The Hall–Kier alpha value is -1.88. The summed E-state index contributed by atoms with van der Waals surface area (Å²) in [5.41, 5.74) is 0.